The van der Waals surface area contributed by atoms with Crippen molar-refractivity contribution in [2.45, 2.75) is 25.2 Å². The molecule has 2 aromatic rings. The minimum atomic E-state index is -0.563. The zero-order valence-corrected chi connectivity index (χ0v) is 14.4. The SMILES string of the molecule is COc1cc([C@@H]2C3=C(CCCC3=O)Nc3[nH][nH]c(=O)c32)cc(OC)c1O. The van der Waals surface area contributed by atoms with Crippen LogP contribution in [0.3, 0.4) is 0 Å². The molecule has 1 aromatic carbocycles. The van der Waals surface area contributed by atoms with Gasteiger partial charge in [0.1, 0.15) is 5.82 Å². The molecule has 4 rings (SSSR count). The number of carbonyl (C=O) groups excluding carboxylic acids is 1. The molecule has 2 heterocycles. The predicted octanol–water partition coefficient (Wildman–Crippen LogP) is 1.99. The summed E-state index contributed by atoms with van der Waals surface area (Å²) in [6.07, 6.45) is 1.95. The molecule has 4 N–H and O–H groups in total. The zero-order valence-electron chi connectivity index (χ0n) is 14.4. The number of aromatic hydroxyl groups is 1. The average molecular weight is 357 g/mol. The Morgan fingerprint density at radius 3 is 2.42 bits per heavy atom. The third-order valence-electron chi connectivity index (χ3n) is 4.96. The van der Waals surface area contributed by atoms with E-state index < -0.39 is 5.92 Å². The van der Waals surface area contributed by atoms with Crippen molar-refractivity contribution in [1.29, 1.82) is 0 Å². The van der Waals surface area contributed by atoms with Crippen LogP contribution in [-0.4, -0.2) is 35.3 Å². The van der Waals surface area contributed by atoms with Gasteiger partial charge >= 0.3 is 0 Å². The molecule has 8 heteroatoms. The van der Waals surface area contributed by atoms with Gasteiger partial charge in [0.25, 0.3) is 5.56 Å². The first-order chi connectivity index (χ1) is 12.5. The second kappa shape index (κ2) is 5.98. The summed E-state index contributed by atoms with van der Waals surface area (Å²) in [5.74, 6) is 0.321. The first kappa shape index (κ1) is 16.3. The van der Waals surface area contributed by atoms with E-state index in [4.69, 9.17) is 9.47 Å². The van der Waals surface area contributed by atoms with Crippen LogP contribution in [0.5, 0.6) is 17.2 Å². The Hall–Kier alpha value is -3.16. The number of aromatic amines is 2. The van der Waals surface area contributed by atoms with Crippen molar-refractivity contribution in [3.8, 4) is 17.2 Å². The summed E-state index contributed by atoms with van der Waals surface area (Å²) >= 11 is 0. The molecule has 0 fully saturated rings. The maximum atomic E-state index is 12.7. The highest BCUT2D eigenvalue weighted by molar-refractivity contribution is 6.01. The van der Waals surface area contributed by atoms with Gasteiger partial charge in [0.05, 0.1) is 19.8 Å². The van der Waals surface area contributed by atoms with E-state index in [2.05, 4.69) is 15.5 Å². The van der Waals surface area contributed by atoms with Crippen LogP contribution in [0.2, 0.25) is 0 Å². The smallest absolute Gasteiger partial charge is 0.270 e. The van der Waals surface area contributed by atoms with E-state index in [9.17, 15) is 14.7 Å². The summed E-state index contributed by atoms with van der Waals surface area (Å²) in [4.78, 5) is 25.1. The Bertz CT molecular complexity index is 960. The third-order valence-corrected chi connectivity index (χ3v) is 4.96. The molecule has 1 aromatic heterocycles. The molecule has 0 bridgehead atoms. The minimum Gasteiger partial charge on any atom is -0.502 e. The van der Waals surface area contributed by atoms with Crippen LogP contribution in [0.15, 0.2) is 28.2 Å². The summed E-state index contributed by atoms with van der Waals surface area (Å²) in [5, 5.41) is 18.8. The molecule has 1 aliphatic carbocycles. The molecule has 1 atom stereocenters. The first-order valence-corrected chi connectivity index (χ1v) is 8.33. The van der Waals surface area contributed by atoms with Crippen LogP contribution in [0.1, 0.15) is 36.3 Å². The Kier molecular flexibility index (Phi) is 3.75. The number of Topliss-reactive ketones (excluding diaryl/α,β-unsaturated/α-hetero) is 1. The van der Waals surface area contributed by atoms with E-state index in [-0.39, 0.29) is 28.6 Å². The molecule has 0 saturated carbocycles. The number of fused-ring (bicyclic) bond motifs is 1. The van der Waals surface area contributed by atoms with Crippen molar-refractivity contribution >= 4 is 11.6 Å². The average Bonchev–Trinajstić information content (AvgIpc) is 3.01. The third kappa shape index (κ3) is 2.29. The summed E-state index contributed by atoms with van der Waals surface area (Å²) in [7, 11) is 2.87. The topological polar surface area (TPSA) is 116 Å². The number of hydrogen-bond donors (Lipinski definition) is 4. The molecular weight excluding hydrogens is 338 g/mol. The number of H-pyrrole nitrogens is 2. The summed E-state index contributed by atoms with van der Waals surface area (Å²) < 4.78 is 10.5. The van der Waals surface area contributed by atoms with Crippen LogP contribution >= 0.6 is 0 Å². The highest BCUT2D eigenvalue weighted by Crippen LogP contribution is 2.47. The molecule has 0 amide bonds. The Balaban J connectivity index is 1.99. The van der Waals surface area contributed by atoms with E-state index in [1.807, 2.05) is 0 Å². The monoisotopic (exact) mass is 357 g/mol. The fourth-order valence-electron chi connectivity index (χ4n) is 3.78. The number of nitrogens with one attached hydrogen (secondary N) is 3. The van der Waals surface area contributed by atoms with Gasteiger partial charge in [0, 0.05) is 23.6 Å². The zero-order chi connectivity index (χ0) is 18.4. The lowest BCUT2D eigenvalue weighted by Gasteiger charge is -2.31. The maximum Gasteiger partial charge on any atom is 0.270 e. The van der Waals surface area contributed by atoms with E-state index in [0.717, 1.165) is 18.5 Å². The summed E-state index contributed by atoms with van der Waals surface area (Å²) in [6.45, 7) is 0. The van der Waals surface area contributed by atoms with Gasteiger partial charge in [-0.3, -0.25) is 19.8 Å². The Morgan fingerprint density at radius 2 is 1.77 bits per heavy atom. The van der Waals surface area contributed by atoms with Crippen molar-refractivity contribution in [2.75, 3.05) is 19.5 Å². The van der Waals surface area contributed by atoms with Crippen LogP contribution in [-0.2, 0) is 4.79 Å². The molecule has 0 saturated heterocycles. The van der Waals surface area contributed by atoms with E-state index in [1.54, 1.807) is 12.1 Å². The van der Waals surface area contributed by atoms with Crippen molar-refractivity contribution in [1.82, 2.24) is 10.2 Å². The van der Waals surface area contributed by atoms with Crippen LogP contribution < -0.4 is 20.3 Å². The van der Waals surface area contributed by atoms with Crippen molar-refractivity contribution in [2.24, 2.45) is 0 Å². The molecule has 0 radical (unpaired) electrons. The number of hydrogen-bond acceptors (Lipinski definition) is 6. The number of phenols is 1. The fraction of sp³-hybridized carbons (Fsp3) is 0.333. The van der Waals surface area contributed by atoms with Gasteiger partial charge in [-0.1, -0.05) is 0 Å². The molecule has 1 aliphatic heterocycles. The predicted molar refractivity (Wildman–Crippen MR) is 94.0 cm³/mol. The standard InChI is InChI=1S/C18H19N3O5/c1-25-11-6-8(7-12(26-2)16(11)23)13-14-9(4-3-5-10(14)22)19-17-15(13)18(24)21-20-17/h6-7,13,23H,3-5H2,1-2H3,(H3,19,20,21,24)/t13-/m1/s1. The molecule has 2 aliphatic rings. The second-order valence-corrected chi connectivity index (χ2v) is 6.37. The van der Waals surface area contributed by atoms with Gasteiger partial charge in [-0.05, 0) is 30.5 Å². The Morgan fingerprint density at radius 1 is 1.08 bits per heavy atom. The fourth-order valence-corrected chi connectivity index (χ4v) is 3.78. The molecule has 0 spiro atoms. The van der Waals surface area contributed by atoms with Gasteiger partial charge in [-0.15, -0.1) is 0 Å². The number of carbonyl (C=O) groups is 1. The lowest BCUT2D eigenvalue weighted by atomic mass is 9.76. The number of methoxy groups -OCH3 is 2. The number of anilines is 1. The normalized spacial score (nSPS) is 18.8. The number of ketones is 1. The maximum absolute atomic E-state index is 12.7. The second-order valence-electron chi connectivity index (χ2n) is 6.37. The lowest BCUT2D eigenvalue weighted by molar-refractivity contribution is -0.116. The molecular formula is C18H19N3O5. The lowest BCUT2D eigenvalue weighted by Crippen LogP contribution is -2.29. The quantitative estimate of drug-likeness (QED) is 0.667. The molecule has 26 heavy (non-hydrogen) atoms. The minimum absolute atomic E-state index is 0.0148. The van der Waals surface area contributed by atoms with E-state index in [0.29, 0.717) is 28.9 Å². The number of allylic oxidation sites excluding steroid dienone is 2. The van der Waals surface area contributed by atoms with Gasteiger partial charge in [0.2, 0.25) is 5.75 Å². The number of aromatic nitrogens is 2. The van der Waals surface area contributed by atoms with Crippen LogP contribution in [0.25, 0.3) is 0 Å². The Labute approximate surface area is 148 Å². The van der Waals surface area contributed by atoms with Crippen molar-refractivity contribution in [3.05, 3.63) is 44.9 Å². The van der Waals surface area contributed by atoms with Crippen LogP contribution in [0, 0.1) is 0 Å². The van der Waals surface area contributed by atoms with E-state index in [1.165, 1.54) is 14.2 Å². The van der Waals surface area contributed by atoms with Gasteiger partial charge in [0.15, 0.2) is 17.3 Å². The van der Waals surface area contributed by atoms with Crippen molar-refractivity contribution in [3.63, 3.8) is 0 Å². The summed E-state index contributed by atoms with van der Waals surface area (Å²) in [6, 6.07) is 3.27. The number of phenolic OH excluding ortho intramolecular Hbond substituents is 1. The molecule has 136 valence electrons. The van der Waals surface area contributed by atoms with Gasteiger partial charge < -0.3 is 19.9 Å². The van der Waals surface area contributed by atoms with Gasteiger partial charge in [-0.2, -0.15) is 0 Å². The first-order valence-electron chi connectivity index (χ1n) is 8.33. The van der Waals surface area contributed by atoms with Crippen LogP contribution in [0.4, 0.5) is 5.82 Å². The molecule has 0 unspecified atom stereocenters. The molecule has 8 nitrogen and oxygen atoms in total. The number of rotatable bonds is 3. The van der Waals surface area contributed by atoms with Gasteiger partial charge in [-0.25, -0.2) is 0 Å². The largest absolute Gasteiger partial charge is 0.502 e. The number of benzene rings is 1. The number of ether oxygens (including phenoxy) is 2. The van der Waals surface area contributed by atoms with E-state index >= 15 is 0 Å². The van der Waals surface area contributed by atoms with Crippen molar-refractivity contribution < 1.29 is 19.4 Å². The highest BCUT2D eigenvalue weighted by Gasteiger charge is 2.38. The summed E-state index contributed by atoms with van der Waals surface area (Å²) in [5.41, 5.74) is 2.19. The highest BCUT2D eigenvalue weighted by atomic mass is 16.5.